The summed E-state index contributed by atoms with van der Waals surface area (Å²) in [4.78, 5) is 14.6. The molecule has 3 heterocycles. The first-order valence-corrected chi connectivity index (χ1v) is 14.6. The van der Waals surface area contributed by atoms with E-state index >= 15 is 0 Å². The summed E-state index contributed by atoms with van der Waals surface area (Å²) in [5.41, 5.74) is 5.43. The Labute approximate surface area is 248 Å². The van der Waals surface area contributed by atoms with Gasteiger partial charge in [-0.3, -0.25) is 8.77 Å². The molecule has 42 heavy (non-hydrogen) atoms. The lowest BCUT2D eigenvalue weighted by molar-refractivity contribution is 0.284. The SMILES string of the molecule is Cc1ccc(Sn2ccc3c(-c4ccc5c(c4Oc4ccccc4)NC(c4ccccc4)CO5)cn(C)c(=O)c32)cc1. The van der Waals surface area contributed by atoms with Crippen LogP contribution in [0.25, 0.3) is 22.0 Å². The van der Waals surface area contributed by atoms with Gasteiger partial charge >= 0.3 is 0 Å². The third-order valence-corrected chi connectivity index (χ3v) is 8.50. The predicted octanol–water partition coefficient (Wildman–Crippen LogP) is 8.21. The first kappa shape index (κ1) is 26.0. The van der Waals surface area contributed by atoms with Crippen LogP contribution in [0.3, 0.4) is 0 Å². The molecule has 0 fully saturated rings. The first-order chi connectivity index (χ1) is 20.5. The van der Waals surface area contributed by atoms with Gasteiger partial charge in [0.2, 0.25) is 0 Å². The summed E-state index contributed by atoms with van der Waals surface area (Å²) in [6.45, 7) is 2.57. The second kappa shape index (κ2) is 10.8. The average Bonchev–Trinajstić information content (AvgIpc) is 3.45. The van der Waals surface area contributed by atoms with E-state index in [1.807, 2.05) is 83.1 Å². The minimum Gasteiger partial charge on any atom is -0.489 e. The fourth-order valence-electron chi connectivity index (χ4n) is 5.33. The van der Waals surface area contributed by atoms with Gasteiger partial charge in [-0.05, 0) is 66.9 Å². The van der Waals surface area contributed by atoms with Crippen LogP contribution in [0.1, 0.15) is 17.2 Å². The molecule has 7 rings (SSSR count). The van der Waals surface area contributed by atoms with E-state index in [4.69, 9.17) is 9.47 Å². The van der Waals surface area contributed by atoms with Crippen LogP contribution in [0.15, 0.2) is 125 Å². The largest absolute Gasteiger partial charge is 0.489 e. The number of ether oxygens (including phenoxy) is 2. The normalized spacial score (nSPS) is 14.2. The molecule has 0 amide bonds. The van der Waals surface area contributed by atoms with Gasteiger partial charge in [0, 0.05) is 40.8 Å². The molecule has 1 N–H and O–H groups in total. The third-order valence-electron chi connectivity index (χ3n) is 7.51. The molecule has 0 bridgehead atoms. The molecule has 0 saturated heterocycles. The average molecular weight is 572 g/mol. The van der Waals surface area contributed by atoms with E-state index in [-0.39, 0.29) is 11.6 Å². The Kier molecular flexibility index (Phi) is 6.72. The third kappa shape index (κ3) is 4.82. The molecular formula is C35H29N3O3S. The Bertz CT molecular complexity index is 1950. The summed E-state index contributed by atoms with van der Waals surface area (Å²) >= 11 is 1.53. The van der Waals surface area contributed by atoms with Crippen LogP contribution in [0.2, 0.25) is 0 Å². The lowest BCUT2D eigenvalue weighted by Gasteiger charge is -2.30. The maximum Gasteiger partial charge on any atom is 0.275 e. The zero-order chi connectivity index (χ0) is 28.6. The molecule has 1 atom stereocenters. The number of aryl methyl sites for hydroxylation is 2. The second-order valence-electron chi connectivity index (χ2n) is 10.4. The maximum absolute atomic E-state index is 13.5. The van der Waals surface area contributed by atoms with Crippen molar-refractivity contribution in [2.24, 2.45) is 7.05 Å². The lowest BCUT2D eigenvalue weighted by atomic mass is 9.99. The standard InChI is InChI=1S/C35H29N3O3S/c1-23-13-15-26(16-14-23)42-38-20-19-27-29(21-37(2)35(39)33(27)38)28-17-18-31-32(34(28)41-25-11-7-4-8-12-25)36-30(22-40-31)24-9-5-3-6-10-24/h3-21,30,36H,22H2,1-2H3. The van der Waals surface area contributed by atoms with Crippen LogP contribution < -0.4 is 20.3 Å². The first-order valence-electron chi connectivity index (χ1n) is 13.9. The Balaban J connectivity index is 1.39. The quantitative estimate of drug-likeness (QED) is 0.218. The van der Waals surface area contributed by atoms with Crippen LogP contribution >= 0.6 is 11.9 Å². The summed E-state index contributed by atoms with van der Waals surface area (Å²) in [5, 5.41) is 4.55. The minimum absolute atomic E-state index is 0.0424. The molecule has 0 saturated carbocycles. The van der Waals surface area contributed by atoms with E-state index in [2.05, 4.69) is 48.6 Å². The molecule has 6 nitrogen and oxygen atoms in total. The number of nitrogens with zero attached hydrogens (tertiary/aromatic N) is 2. The van der Waals surface area contributed by atoms with Crippen molar-refractivity contribution >= 4 is 28.5 Å². The molecule has 4 aromatic carbocycles. The van der Waals surface area contributed by atoms with Gasteiger partial charge in [0.25, 0.3) is 5.56 Å². The molecule has 6 aromatic rings. The number of hydrogen-bond acceptors (Lipinski definition) is 5. The molecule has 0 radical (unpaired) electrons. The smallest absolute Gasteiger partial charge is 0.275 e. The van der Waals surface area contributed by atoms with Crippen LogP contribution in [0.5, 0.6) is 17.2 Å². The van der Waals surface area contributed by atoms with Crippen molar-refractivity contribution in [1.29, 1.82) is 0 Å². The van der Waals surface area contributed by atoms with Gasteiger partial charge in [-0.25, -0.2) is 0 Å². The molecule has 7 heteroatoms. The van der Waals surface area contributed by atoms with E-state index in [1.165, 1.54) is 17.5 Å². The summed E-state index contributed by atoms with van der Waals surface area (Å²) in [6.07, 6.45) is 3.85. The van der Waals surface area contributed by atoms with Gasteiger partial charge in [-0.1, -0.05) is 66.2 Å². The van der Waals surface area contributed by atoms with Crippen molar-refractivity contribution in [3.8, 4) is 28.4 Å². The van der Waals surface area contributed by atoms with E-state index in [0.717, 1.165) is 38.4 Å². The summed E-state index contributed by atoms with van der Waals surface area (Å²) in [7, 11) is 1.79. The fourth-order valence-corrected chi connectivity index (χ4v) is 6.21. The highest BCUT2D eigenvalue weighted by Gasteiger charge is 2.27. The Morgan fingerprint density at radius 2 is 1.62 bits per heavy atom. The van der Waals surface area contributed by atoms with Crippen LogP contribution in [-0.2, 0) is 7.05 Å². The van der Waals surface area contributed by atoms with Gasteiger partial charge < -0.3 is 19.4 Å². The number of nitrogens with one attached hydrogen (secondary N) is 1. The molecule has 1 aliphatic heterocycles. The number of para-hydroxylation sites is 1. The van der Waals surface area contributed by atoms with E-state index in [1.54, 1.807) is 11.6 Å². The van der Waals surface area contributed by atoms with Crippen LogP contribution in [0.4, 0.5) is 5.69 Å². The second-order valence-corrected chi connectivity index (χ2v) is 11.5. The Morgan fingerprint density at radius 1 is 0.881 bits per heavy atom. The highest BCUT2D eigenvalue weighted by atomic mass is 32.2. The number of pyridine rings is 1. The number of rotatable bonds is 6. The summed E-state index contributed by atoms with van der Waals surface area (Å²) < 4.78 is 16.5. The van der Waals surface area contributed by atoms with E-state index in [0.29, 0.717) is 23.6 Å². The van der Waals surface area contributed by atoms with Gasteiger partial charge in [-0.15, -0.1) is 0 Å². The van der Waals surface area contributed by atoms with Crippen molar-refractivity contribution in [2.45, 2.75) is 17.9 Å². The zero-order valence-electron chi connectivity index (χ0n) is 23.3. The van der Waals surface area contributed by atoms with Gasteiger partial charge in [0.05, 0.1) is 6.04 Å². The number of hydrogen-bond donors (Lipinski definition) is 1. The minimum atomic E-state index is -0.0625. The van der Waals surface area contributed by atoms with Crippen LogP contribution in [0, 0.1) is 6.92 Å². The zero-order valence-corrected chi connectivity index (χ0v) is 24.1. The van der Waals surface area contributed by atoms with Crippen molar-refractivity contribution in [1.82, 2.24) is 8.54 Å². The van der Waals surface area contributed by atoms with Crippen molar-refractivity contribution in [3.63, 3.8) is 0 Å². The van der Waals surface area contributed by atoms with E-state index < -0.39 is 0 Å². The molecule has 1 unspecified atom stereocenters. The number of anilines is 1. The topological polar surface area (TPSA) is 57.4 Å². The Morgan fingerprint density at radius 3 is 2.38 bits per heavy atom. The number of benzene rings is 4. The lowest BCUT2D eigenvalue weighted by Crippen LogP contribution is -2.24. The molecule has 0 spiro atoms. The predicted molar refractivity (Wildman–Crippen MR) is 170 cm³/mol. The van der Waals surface area contributed by atoms with Crippen LogP contribution in [-0.4, -0.2) is 15.1 Å². The number of fused-ring (bicyclic) bond motifs is 2. The molecule has 0 aliphatic carbocycles. The summed E-state index contributed by atoms with van der Waals surface area (Å²) in [6, 6.07) is 34.3. The highest BCUT2D eigenvalue weighted by Crippen LogP contribution is 2.49. The molecule has 1 aliphatic rings. The molecule has 2 aromatic heterocycles. The molecule has 208 valence electrons. The van der Waals surface area contributed by atoms with Crippen molar-refractivity contribution < 1.29 is 9.47 Å². The monoisotopic (exact) mass is 571 g/mol. The van der Waals surface area contributed by atoms with E-state index in [9.17, 15) is 4.79 Å². The highest BCUT2D eigenvalue weighted by molar-refractivity contribution is 7.98. The summed E-state index contributed by atoms with van der Waals surface area (Å²) in [5.74, 6) is 2.09. The maximum atomic E-state index is 13.5. The Hall–Kier alpha value is -4.88. The fraction of sp³-hybridized carbons (Fsp3) is 0.114. The number of aromatic nitrogens is 2. The van der Waals surface area contributed by atoms with Gasteiger partial charge in [0.1, 0.15) is 29.3 Å². The van der Waals surface area contributed by atoms with Gasteiger partial charge in [-0.2, -0.15) is 0 Å². The molecular weight excluding hydrogens is 542 g/mol. The van der Waals surface area contributed by atoms with Crippen molar-refractivity contribution in [2.75, 3.05) is 11.9 Å². The van der Waals surface area contributed by atoms with Crippen molar-refractivity contribution in [3.05, 3.63) is 137 Å². The van der Waals surface area contributed by atoms with Gasteiger partial charge in [0.15, 0.2) is 5.75 Å².